The lowest BCUT2D eigenvalue weighted by Gasteiger charge is -2.23. The number of fused-ring (bicyclic) bond motifs is 1. The largest absolute Gasteiger partial charge is 0.345 e. The number of carbonyl (C=O) groups excluding carboxylic acids is 1. The van der Waals surface area contributed by atoms with Crippen LogP contribution in [0.5, 0.6) is 0 Å². The zero-order chi connectivity index (χ0) is 19.0. The molecule has 0 radical (unpaired) electrons. The summed E-state index contributed by atoms with van der Waals surface area (Å²) in [6.45, 7) is 2.02. The normalized spacial score (nSPS) is 16.2. The molecule has 1 atom stereocenters. The van der Waals surface area contributed by atoms with E-state index in [0.29, 0.717) is 17.0 Å². The molecule has 1 aromatic carbocycles. The Kier molecular flexibility index (Phi) is 4.74. The van der Waals surface area contributed by atoms with E-state index < -0.39 is 0 Å². The number of amides is 1. The fourth-order valence-corrected chi connectivity index (χ4v) is 4.01. The molecule has 0 saturated carbocycles. The lowest BCUT2D eigenvalue weighted by atomic mass is 9.92. The van der Waals surface area contributed by atoms with E-state index in [-0.39, 0.29) is 11.9 Å². The summed E-state index contributed by atoms with van der Waals surface area (Å²) in [5.74, 6) is -0.0955. The van der Waals surface area contributed by atoms with Crippen molar-refractivity contribution in [3.63, 3.8) is 0 Å². The van der Waals surface area contributed by atoms with Crippen LogP contribution in [0.2, 0.25) is 5.02 Å². The smallest absolute Gasteiger partial charge is 0.255 e. The van der Waals surface area contributed by atoms with E-state index in [1.807, 2.05) is 49.1 Å². The quantitative estimate of drug-likeness (QED) is 0.748. The van der Waals surface area contributed by atoms with Gasteiger partial charge in [-0.3, -0.25) is 9.48 Å². The second-order valence-electron chi connectivity index (χ2n) is 6.84. The van der Waals surface area contributed by atoms with Crippen molar-refractivity contribution in [1.29, 1.82) is 0 Å². The molecule has 1 amide bonds. The molecule has 0 saturated heterocycles. The van der Waals surface area contributed by atoms with Crippen LogP contribution in [0.3, 0.4) is 0 Å². The molecule has 3 aromatic rings. The standard InChI is InChI=1S/C20H22ClN5O/c1-3-18-16(12-23-26(18)14-7-4-6-13(21)10-14)20(27)24-17-8-5-9-19-15(17)11-22-25(19)2/h4,6-7,10-12,17H,3,5,8-9H2,1-2H3,(H,24,27). The number of benzene rings is 1. The number of carbonyl (C=O) groups is 1. The van der Waals surface area contributed by atoms with Crippen LogP contribution >= 0.6 is 11.6 Å². The van der Waals surface area contributed by atoms with Gasteiger partial charge in [0.2, 0.25) is 0 Å². The Morgan fingerprint density at radius 2 is 2.19 bits per heavy atom. The minimum Gasteiger partial charge on any atom is -0.345 e. The topological polar surface area (TPSA) is 64.7 Å². The third-order valence-corrected chi connectivity index (χ3v) is 5.42. The summed E-state index contributed by atoms with van der Waals surface area (Å²) in [4.78, 5) is 13.0. The maximum Gasteiger partial charge on any atom is 0.255 e. The highest BCUT2D eigenvalue weighted by Crippen LogP contribution is 2.29. The highest BCUT2D eigenvalue weighted by atomic mass is 35.5. The van der Waals surface area contributed by atoms with E-state index in [2.05, 4.69) is 15.5 Å². The Bertz CT molecular complexity index is 990. The van der Waals surface area contributed by atoms with Gasteiger partial charge in [0.15, 0.2) is 0 Å². The van der Waals surface area contributed by atoms with Crippen molar-refractivity contribution in [2.45, 2.75) is 38.6 Å². The summed E-state index contributed by atoms with van der Waals surface area (Å²) in [6.07, 6.45) is 7.18. The summed E-state index contributed by atoms with van der Waals surface area (Å²) < 4.78 is 3.69. The third-order valence-electron chi connectivity index (χ3n) is 5.18. The van der Waals surface area contributed by atoms with Crippen LogP contribution < -0.4 is 5.32 Å². The second-order valence-corrected chi connectivity index (χ2v) is 7.28. The van der Waals surface area contributed by atoms with E-state index in [9.17, 15) is 4.79 Å². The lowest BCUT2D eigenvalue weighted by Crippen LogP contribution is -2.31. The number of nitrogens with zero attached hydrogens (tertiary/aromatic N) is 4. The molecule has 0 fully saturated rings. The van der Waals surface area contributed by atoms with E-state index >= 15 is 0 Å². The van der Waals surface area contributed by atoms with Crippen LogP contribution in [0.1, 0.15) is 53.1 Å². The predicted octanol–water partition coefficient (Wildman–Crippen LogP) is 3.63. The Morgan fingerprint density at radius 1 is 1.33 bits per heavy atom. The number of nitrogens with one attached hydrogen (secondary N) is 1. The average Bonchev–Trinajstić information content (AvgIpc) is 3.26. The van der Waals surface area contributed by atoms with Crippen molar-refractivity contribution in [3.05, 3.63) is 64.2 Å². The van der Waals surface area contributed by atoms with Crippen LogP contribution in [0, 0.1) is 0 Å². The van der Waals surface area contributed by atoms with Crippen molar-refractivity contribution in [2.75, 3.05) is 0 Å². The first-order valence-corrected chi connectivity index (χ1v) is 9.60. The monoisotopic (exact) mass is 383 g/mol. The first-order chi connectivity index (χ1) is 13.1. The van der Waals surface area contributed by atoms with Gasteiger partial charge in [0, 0.05) is 23.3 Å². The molecule has 7 heteroatoms. The Morgan fingerprint density at radius 3 is 2.96 bits per heavy atom. The minimum atomic E-state index is -0.0955. The van der Waals surface area contributed by atoms with Crippen molar-refractivity contribution < 1.29 is 4.79 Å². The van der Waals surface area contributed by atoms with Gasteiger partial charge in [0.25, 0.3) is 5.91 Å². The highest BCUT2D eigenvalue weighted by Gasteiger charge is 2.26. The van der Waals surface area contributed by atoms with Crippen LogP contribution in [-0.4, -0.2) is 25.5 Å². The van der Waals surface area contributed by atoms with Crippen molar-refractivity contribution in [3.8, 4) is 5.69 Å². The Labute approximate surface area is 163 Å². The van der Waals surface area contributed by atoms with Crippen molar-refractivity contribution >= 4 is 17.5 Å². The van der Waals surface area contributed by atoms with E-state index in [1.54, 1.807) is 10.9 Å². The molecule has 140 valence electrons. The number of aromatic nitrogens is 4. The van der Waals surface area contributed by atoms with Crippen LogP contribution in [0.4, 0.5) is 0 Å². The zero-order valence-electron chi connectivity index (χ0n) is 15.4. The van der Waals surface area contributed by atoms with Gasteiger partial charge < -0.3 is 5.32 Å². The van der Waals surface area contributed by atoms with Gasteiger partial charge in [0.1, 0.15) is 0 Å². The molecule has 1 aliphatic rings. The van der Waals surface area contributed by atoms with Crippen LogP contribution in [-0.2, 0) is 19.9 Å². The summed E-state index contributed by atoms with van der Waals surface area (Å²) in [7, 11) is 1.95. The molecule has 2 heterocycles. The molecular weight excluding hydrogens is 362 g/mol. The first kappa shape index (κ1) is 17.8. The van der Waals surface area contributed by atoms with Crippen molar-refractivity contribution in [2.24, 2.45) is 7.05 Å². The number of hydrogen-bond acceptors (Lipinski definition) is 3. The van der Waals surface area contributed by atoms with E-state index in [0.717, 1.165) is 36.2 Å². The first-order valence-electron chi connectivity index (χ1n) is 9.23. The fourth-order valence-electron chi connectivity index (χ4n) is 3.83. The maximum atomic E-state index is 13.0. The number of hydrogen-bond donors (Lipinski definition) is 1. The predicted molar refractivity (Wildman–Crippen MR) is 104 cm³/mol. The van der Waals surface area contributed by atoms with Crippen molar-refractivity contribution in [1.82, 2.24) is 24.9 Å². The molecular formula is C20H22ClN5O. The summed E-state index contributed by atoms with van der Waals surface area (Å²) >= 11 is 6.11. The number of halogens is 1. The van der Waals surface area contributed by atoms with Gasteiger partial charge in [-0.05, 0) is 43.9 Å². The van der Waals surface area contributed by atoms with E-state index in [4.69, 9.17) is 11.6 Å². The maximum absolute atomic E-state index is 13.0. The van der Waals surface area contributed by atoms with Crippen LogP contribution in [0.25, 0.3) is 5.69 Å². The number of rotatable bonds is 4. The van der Waals surface area contributed by atoms with E-state index in [1.165, 1.54) is 5.69 Å². The minimum absolute atomic E-state index is 0.00539. The molecule has 4 rings (SSSR count). The fraction of sp³-hybridized carbons (Fsp3) is 0.350. The van der Waals surface area contributed by atoms with Gasteiger partial charge >= 0.3 is 0 Å². The highest BCUT2D eigenvalue weighted by molar-refractivity contribution is 6.30. The summed E-state index contributed by atoms with van der Waals surface area (Å²) in [6, 6.07) is 7.47. The molecule has 1 unspecified atom stereocenters. The molecule has 0 aliphatic heterocycles. The SMILES string of the molecule is CCc1c(C(=O)NC2CCCc3c2cnn3C)cnn1-c1cccc(Cl)c1. The molecule has 2 aromatic heterocycles. The zero-order valence-corrected chi connectivity index (χ0v) is 16.2. The molecule has 0 bridgehead atoms. The van der Waals surface area contributed by atoms with Gasteiger partial charge in [-0.2, -0.15) is 10.2 Å². The lowest BCUT2D eigenvalue weighted by molar-refractivity contribution is 0.0931. The summed E-state index contributed by atoms with van der Waals surface area (Å²) in [5.41, 5.74) is 4.66. The summed E-state index contributed by atoms with van der Waals surface area (Å²) in [5, 5.41) is 12.6. The number of aryl methyl sites for hydroxylation is 1. The second kappa shape index (κ2) is 7.19. The Hall–Kier alpha value is -2.60. The average molecular weight is 384 g/mol. The molecule has 0 spiro atoms. The Balaban J connectivity index is 1.62. The van der Waals surface area contributed by atoms with Crippen LogP contribution in [0.15, 0.2) is 36.7 Å². The van der Waals surface area contributed by atoms with Gasteiger partial charge in [0.05, 0.1) is 35.4 Å². The molecule has 1 N–H and O–H groups in total. The molecule has 27 heavy (non-hydrogen) atoms. The molecule has 6 nitrogen and oxygen atoms in total. The van der Waals surface area contributed by atoms with Gasteiger partial charge in [-0.25, -0.2) is 4.68 Å². The van der Waals surface area contributed by atoms with Gasteiger partial charge in [-0.15, -0.1) is 0 Å². The molecule has 1 aliphatic carbocycles. The third kappa shape index (κ3) is 3.25. The van der Waals surface area contributed by atoms with Gasteiger partial charge in [-0.1, -0.05) is 24.6 Å².